The number of carbonyl (C=O) groups excluding carboxylic acids is 1. The Kier molecular flexibility index (Phi) is 6.66. The van der Waals surface area contributed by atoms with Crippen molar-refractivity contribution >= 4 is 23.4 Å². The van der Waals surface area contributed by atoms with E-state index < -0.39 is 0 Å². The van der Waals surface area contributed by atoms with Crippen LogP contribution < -0.4 is 5.32 Å². The summed E-state index contributed by atoms with van der Waals surface area (Å²) in [5, 5.41) is 12.5. The summed E-state index contributed by atoms with van der Waals surface area (Å²) in [6.45, 7) is 6.68. The molecular formula is C25H25N5OS. The van der Waals surface area contributed by atoms with E-state index in [1.165, 1.54) is 17.3 Å². The highest BCUT2D eigenvalue weighted by molar-refractivity contribution is 7.99. The van der Waals surface area contributed by atoms with Crippen molar-refractivity contribution in [2.45, 2.75) is 32.5 Å². The summed E-state index contributed by atoms with van der Waals surface area (Å²) in [6, 6.07) is 20.0. The normalized spacial score (nSPS) is 10.8. The molecule has 0 aliphatic carbocycles. The van der Waals surface area contributed by atoms with Crippen molar-refractivity contribution in [1.82, 2.24) is 19.7 Å². The number of hydrogen-bond acceptors (Lipinski definition) is 5. The summed E-state index contributed by atoms with van der Waals surface area (Å²) in [7, 11) is 0. The molecule has 0 radical (unpaired) electrons. The molecule has 2 aromatic heterocycles. The number of pyridine rings is 1. The molecule has 6 nitrogen and oxygen atoms in total. The molecule has 1 amide bonds. The van der Waals surface area contributed by atoms with Gasteiger partial charge in [-0.15, -0.1) is 10.2 Å². The molecule has 0 bridgehead atoms. The molecule has 0 saturated carbocycles. The second-order valence-electron chi connectivity index (χ2n) is 7.70. The van der Waals surface area contributed by atoms with Gasteiger partial charge in [0.2, 0.25) is 5.91 Å². The van der Waals surface area contributed by atoms with Crippen molar-refractivity contribution in [2.75, 3.05) is 11.1 Å². The molecule has 32 heavy (non-hydrogen) atoms. The Labute approximate surface area is 192 Å². The molecule has 0 saturated heterocycles. The Hall–Kier alpha value is -3.45. The van der Waals surface area contributed by atoms with Gasteiger partial charge in [-0.2, -0.15) is 0 Å². The number of nitrogens with zero attached hydrogens (tertiary/aromatic N) is 4. The zero-order valence-corrected chi connectivity index (χ0v) is 19.2. The lowest BCUT2D eigenvalue weighted by Gasteiger charge is -2.13. The number of carbonyl (C=O) groups is 1. The van der Waals surface area contributed by atoms with E-state index in [9.17, 15) is 4.79 Å². The summed E-state index contributed by atoms with van der Waals surface area (Å²) in [6.07, 6.45) is 1.74. The van der Waals surface area contributed by atoms with Crippen LogP contribution in [0.3, 0.4) is 0 Å². The third kappa shape index (κ3) is 5.06. The third-order valence-corrected chi connectivity index (χ3v) is 6.03. The number of thioether (sulfide) groups is 1. The van der Waals surface area contributed by atoms with E-state index in [1.807, 2.05) is 54.8 Å². The molecule has 1 N–H and O–H groups in total. The van der Waals surface area contributed by atoms with E-state index in [0.717, 1.165) is 28.1 Å². The standard InChI is InChI=1S/C25H25N5OS/c1-17-13-18(2)23(19(3)14-17)27-22(31)16-32-25-29-28-24(21-11-7-8-12-26-21)30(25)15-20-9-5-4-6-10-20/h4-14H,15-16H2,1-3H3,(H,27,31). The van der Waals surface area contributed by atoms with Crippen LogP contribution >= 0.6 is 11.8 Å². The first kappa shape index (κ1) is 21.8. The van der Waals surface area contributed by atoms with Crippen LogP contribution in [0.1, 0.15) is 22.3 Å². The van der Waals surface area contributed by atoms with E-state index in [4.69, 9.17) is 0 Å². The van der Waals surface area contributed by atoms with Gasteiger partial charge in [-0.05, 0) is 49.6 Å². The molecule has 4 aromatic rings. The predicted molar refractivity (Wildman–Crippen MR) is 129 cm³/mol. The largest absolute Gasteiger partial charge is 0.325 e. The van der Waals surface area contributed by atoms with Crippen molar-refractivity contribution in [3.63, 3.8) is 0 Å². The van der Waals surface area contributed by atoms with Crippen LogP contribution in [-0.4, -0.2) is 31.4 Å². The summed E-state index contributed by atoms with van der Waals surface area (Å²) in [5.41, 5.74) is 6.06. The lowest BCUT2D eigenvalue weighted by atomic mass is 10.1. The zero-order chi connectivity index (χ0) is 22.5. The lowest BCUT2D eigenvalue weighted by molar-refractivity contribution is -0.113. The van der Waals surface area contributed by atoms with E-state index in [2.05, 4.69) is 51.7 Å². The number of aryl methyl sites for hydroxylation is 3. The summed E-state index contributed by atoms with van der Waals surface area (Å²) < 4.78 is 2.01. The van der Waals surface area contributed by atoms with Gasteiger partial charge in [-0.25, -0.2) is 0 Å². The van der Waals surface area contributed by atoms with Crippen LogP contribution in [0.2, 0.25) is 0 Å². The predicted octanol–water partition coefficient (Wildman–Crippen LogP) is 5.04. The highest BCUT2D eigenvalue weighted by Gasteiger charge is 2.17. The molecule has 0 unspecified atom stereocenters. The van der Waals surface area contributed by atoms with E-state index >= 15 is 0 Å². The van der Waals surface area contributed by atoms with Crippen molar-refractivity contribution in [3.8, 4) is 11.5 Å². The summed E-state index contributed by atoms with van der Waals surface area (Å²) in [5.74, 6) is 0.850. The highest BCUT2D eigenvalue weighted by Crippen LogP contribution is 2.26. The number of aromatic nitrogens is 4. The minimum atomic E-state index is -0.0706. The molecule has 0 fully saturated rings. The van der Waals surface area contributed by atoms with E-state index in [0.29, 0.717) is 17.5 Å². The Balaban J connectivity index is 1.54. The maximum atomic E-state index is 12.7. The highest BCUT2D eigenvalue weighted by atomic mass is 32.2. The quantitative estimate of drug-likeness (QED) is 0.405. The van der Waals surface area contributed by atoms with E-state index in [-0.39, 0.29) is 11.7 Å². The smallest absolute Gasteiger partial charge is 0.234 e. The Morgan fingerprint density at radius 2 is 1.69 bits per heavy atom. The Morgan fingerprint density at radius 1 is 0.969 bits per heavy atom. The van der Waals surface area contributed by atoms with Crippen LogP contribution in [0, 0.1) is 20.8 Å². The molecule has 162 valence electrons. The van der Waals surface area contributed by atoms with Gasteiger partial charge in [0, 0.05) is 11.9 Å². The molecule has 4 rings (SSSR count). The fraction of sp³-hybridized carbons (Fsp3) is 0.200. The van der Waals surface area contributed by atoms with Gasteiger partial charge in [-0.3, -0.25) is 14.3 Å². The van der Waals surface area contributed by atoms with E-state index in [1.54, 1.807) is 6.20 Å². The lowest BCUT2D eigenvalue weighted by Crippen LogP contribution is -2.16. The molecule has 0 aliphatic rings. The minimum Gasteiger partial charge on any atom is -0.325 e. The second kappa shape index (κ2) is 9.78. The Bertz CT molecular complexity index is 1200. The number of anilines is 1. The third-order valence-electron chi connectivity index (χ3n) is 5.07. The summed E-state index contributed by atoms with van der Waals surface area (Å²) in [4.78, 5) is 17.2. The monoisotopic (exact) mass is 443 g/mol. The van der Waals surface area contributed by atoms with Crippen LogP contribution in [-0.2, 0) is 11.3 Å². The van der Waals surface area contributed by atoms with Gasteiger partial charge in [0.15, 0.2) is 11.0 Å². The first-order valence-electron chi connectivity index (χ1n) is 10.4. The number of hydrogen-bond donors (Lipinski definition) is 1. The Morgan fingerprint density at radius 3 is 2.38 bits per heavy atom. The molecular weight excluding hydrogens is 418 g/mol. The molecule has 2 heterocycles. The van der Waals surface area contributed by atoms with Gasteiger partial charge in [0.25, 0.3) is 0 Å². The van der Waals surface area contributed by atoms with Crippen molar-refractivity contribution in [1.29, 1.82) is 0 Å². The van der Waals surface area contributed by atoms with Crippen molar-refractivity contribution in [2.24, 2.45) is 0 Å². The van der Waals surface area contributed by atoms with Gasteiger partial charge in [0.1, 0.15) is 5.69 Å². The maximum absolute atomic E-state index is 12.7. The van der Waals surface area contributed by atoms with Crippen molar-refractivity contribution in [3.05, 3.63) is 89.1 Å². The molecule has 0 atom stereocenters. The van der Waals surface area contributed by atoms with Crippen molar-refractivity contribution < 1.29 is 4.79 Å². The second-order valence-corrected chi connectivity index (χ2v) is 8.65. The van der Waals surface area contributed by atoms with Gasteiger partial charge in [-0.1, -0.05) is 65.9 Å². The SMILES string of the molecule is Cc1cc(C)c(NC(=O)CSc2nnc(-c3ccccn3)n2Cc2ccccc2)c(C)c1. The average molecular weight is 444 g/mol. The topological polar surface area (TPSA) is 72.7 Å². The van der Waals surface area contributed by atoms with Crippen LogP contribution in [0.4, 0.5) is 5.69 Å². The number of nitrogens with one attached hydrogen (secondary N) is 1. The van der Waals surface area contributed by atoms with Crippen LogP contribution in [0.5, 0.6) is 0 Å². The minimum absolute atomic E-state index is 0.0706. The fourth-order valence-electron chi connectivity index (χ4n) is 3.67. The first-order chi connectivity index (χ1) is 15.5. The maximum Gasteiger partial charge on any atom is 0.234 e. The zero-order valence-electron chi connectivity index (χ0n) is 18.4. The fourth-order valence-corrected chi connectivity index (χ4v) is 4.41. The molecule has 0 aliphatic heterocycles. The molecule has 7 heteroatoms. The number of benzene rings is 2. The summed E-state index contributed by atoms with van der Waals surface area (Å²) >= 11 is 1.37. The van der Waals surface area contributed by atoms with Crippen LogP contribution in [0.15, 0.2) is 72.0 Å². The average Bonchev–Trinajstić information content (AvgIpc) is 3.18. The molecule has 0 spiro atoms. The number of amides is 1. The first-order valence-corrected chi connectivity index (χ1v) is 11.4. The van der Waals surface area contributed by atoms with Gasteiger partial charge >= 0.3 is 0 Å². The number of rotatable bonds is 7. The van der Waals surface area contributed by atoms with Gasteiger partial charge < -0.3 is 5.32 Å². The molecule has 2 aromatic carbocycles. The van der Waals surface area contributed by atoms with Gasteiger partial charge in [0.05, 0.1) is 12.3 Å². The van der Waals surface area contributed by atoms with Crippen LogP contribution in [0.25, 0.3) is 11.5 Å².